The second kappa shape index (κ2) is 8.40. The molecule has 0 saturated carbocycles. The van der Waals surface area contributed by atoms with E-state index in [0.717, 1.165) is 11.5 Å². The molecule has 28 heavy (non-hydrogen) atoms. The van der Waals surface area contributed by atoms with Crippen LogP contribution in [0.1, 0.15) is 34.6 Å². The lowest BCUT2D eigenvalue weighted by Crippen LogP contribution is -2.36. The number of methoxy groups -OCH3 is 2. The Morgan fingerprint density at radius 2 is 1.32 bits per heavy atom. The van der Waals surface area contributed by atoms with E-state index in [4.69, 9.17) is 9.47 Å². The molecule has 0 N–H and O–H groups in total. The van der Waals surface area contributed by atoms with Crippen molar-refractivity contribution in [2.45, 2.75) is 45.4 Å². The molecule has 2 atom stereocenters. The van der Waals surface area contributed by atoms with Crippen LogP contribution in [0.15, 0.2) is 59.7 Å². The predicted molar refractivity (Wildman–Crippen MR) is 126 cm³/mol. The number of ether oxygens (including phenoxy) is 2. The van der Waals surface area contributed by atoms with Gasteiger partial charge in [-0.1, -0.05) is 57.1 Å². The average molecular weight is 412 g/mol. The van der Waals surface area contributed by atoms with Crippen LogP contribution in [0.3, 0.4) is 0 Å². The highest BCUT2D eigenvalue weighted by Gasteiger charge is 2.42. The largest absolute Gasteiger partial charge is 0.496 e. The van der Waals surface area contributed by atoms with Gasteiger partial charge in [0.05, 0.1) is 14.2 Å². The number of para-hydroxylation sites is 2. The van der Waals surface area contributed by atoms with E-state index in [0.29, 0.717) is 5.66 Å². The van der Waals surface area contributed by atoms with Crippen LogP contribution in [0, 0.1) is 0 Å². The zero-order valence-corrected chi connectivity index (χ0v) is 19.7. The van der Waals surface area contributed by atoms with E-state index in [1.165, 1.54) is 35.3 Å². The van der Waals surface area contributed by atoms with Gasteiger partial charge in [-0.25, -0.2) is 0 Å². The molecule has 0 aromatic heterocycles. The summed E-state index contributed by atoms with van der Waals surface area (Å²) in [5.41, 5.74) is 3.40. The third-order valence-corrected chi connectivity index (χ3v) is 11.3. The van der Waals surface area contributed by atoms with Crippen molar-refractivity contribution in [1.29, 1.82) is 0 Å². The molecule has 0 fully saturated rings. The number of rotatable bonds is 6. The summed E-state index contributed by atoms with van der Waals surface area (Å²) in [6.07, 6.45) is 0. The van der Waals surface area contributed by atoms with Crippen LogP contribution in [0.5, 0.6) is 11.5 Å². The third-order valence-electron chi connectivity index (χ3n) is 6.15. The summed E-state index contributed by atoms with van der Waals surface area (Å²) in [5.74, 6) is 1.92. The summed E-state index contributed by atoms with van der Waals surface area (Å²) in [7, 11) is 4.26. The fraction of sp³-hybridized carbons (Fsp3) is 0.375. The molecule has 2 aromatic rings. The fourth-order valence-electron chi connectivity index (χ4n) is 4.03. The van der Waals surface area contributed by atoms with Gasteiger partial charge in [0, 0.05) is 21.4 Å². The van der Waals surface area contributed by atoms with E-state index in [1.807, 2.05) is 12.1 Å². The molecular weight excluding hydrogens is 382 g/mol. The molecule has 3 rings (SSSR count). The number of allylic oxidation sites excluding steroid dienone is 2. The van der Waals surface area contributed by atoms with Crippen LogP contribution in [0.2, 0.25) is 0 Å². The average Bonchev–Trinajstić information content (AvgIpc) is 2.92. The molecule has 0 spiro atoms. The Balaban J connectivity index is 2.23. The molecule has 2 unspecified atom stereocenters. The van der Waals surface area contributed by atoms with Gasteiger partial charge in [-0.15, -0.1) is 0 Å². The first-order valence-electron chi connectivity index (χ1n) is 9.65. The summed E-state index contributed by atoms with van der Waals surface area (Å²) in [4.78, 5) is 0. The predicted octanol–water partition coefficient (Wildman–Crippen LogP) is 5.77. The number of hydrogen-bond donors (Lipinski definition) is 0. The molecule has 0 bridgehead atoms. The number of hydrogen-bond acceptors (Lipinski definition) is 2. The van der Waals surface area contributed by atoms with Gasteiger partial charge in [0.25, 0.3) is 0 Å². The summed E-state index contributed by atoms with van der Waals surface area (Å²) in [6, 6.07) is 16.9. The zero-order valence-electron chi connectivity index (χ0n) is 17.9. The van der Waals surface area contributed by atoms with E-state index < -0.39 is 7.92 Å². The highest BCUT2D eigenvalue weighted by Crippen LogP contribution is 2.56. The second-order valence-electron chi connectivity index (χ2n) is 7.48. The first-order chi connectivity index (χ1) is 13.3. The molecule has 0 radical (unpaired) electrons. The summed E-state index contributed by atoms with van der Waals surface area (Å²) < 4.78 is 11.6. The van der Waals surface area contributed by atoms with Crippen molar-refractivity contribution < 1.29 is 9.47 Å². The monoisotopic (exact) mass is 412 g/mol. The van der Waals surface area contributed by atoms with Crippen LogP contribution in [0.25, 0.3) is 0 Å². The van der Waals surface area contributed by atoms with E-state index in [-0.39, 0.29) is 5.16 Å². The van der Waals surface area contributed by atoms with Crippen molar-refractivity contribution in [2.24, 2.45) is 0 Å². The third kappa shape index (κ3) is 3.54. The normalized spacial score (nSPS) is 20.9. The van der Waals surface area contributed by atoms with Crippen LogP contribution in [-0.4, -0.2) is 30.3 Å². The molecule has 2 nitrogen and oxygen atoms in total. The first kappa shape index (κ1) is 21.1. The Labute approximate surface area is 172 Å². The van der Waals surface area contributed by atoms with Crippen molar-refractivity contribution in [3.05, 3.63) is 59.7 Å². The highest BCUT2D eigenvalue weighted by molar-refractivity contribution is 7.74. The molecule has 1 aliphatic heterocycles. The van der Waals surface area contributed by atoms with Crippen LogP contribution in [0.4, 0.5) is 0 Å². The molecule has 0 amide bonds. The lowest BCUT2D eigenvalue weighted by Gasteiger charge is -2.38. The Kier molecular flexibility index (Phi) is 6.33. The van der Waals surface area contributed by atoms with Crippen molar-refractivity contribution in [3.8, 4) is 11.5 Å². The van der Waals surface area contributed by atoms with Crippen LogP contribution >= 0.6 is 16.1 Å². The van der Waals surface area contributed by atoms with Crippen molar-refractivity contribution >= 4 is 32.0 Å². The van der Waals surface area contributed by atoms with E-state index in [9.17, 15) is 0 Å². The molecule has 0 aliphatic carbocycles. The summed E-state index contributed by atoms with van der Waals surface area (Å²) in [6.45, 7) is 11.7. The lowest BCUT2D eigenvalue weighted by molar-refractivity contribution is 0.417. The Morgan fingerprint density at radius 1 is 0.857 bits per heavy atom. The van der Waals surface area contributed by atoms with Crippen molar-refractivity contribution in [2.75, 3.05) is 14.2 Å². The lowest BCUT2D eigenvalue weighted by atomic mass is 9.93. The molecule has 0 saturated heterocycles. The molecule has 1 heterocycles. The van der Waals surface area contributed by atoms with Crippen LogP contribution < -0.4 is 20.1 Å². The molecule has 4 heteroatoms. The first-order valence-corrected chi connectivity index (χ1v) is 12.0. The summed E-state index contributed by atoms with van der Waals surface area (Å²) >= 11 is 0. The van der Waals surface area contributed by atoms with Crippen molar-refractivity contribution in [3.63, 3.8) is 0 Å². The zero-order chi connectivity index (χ0) is 20.5. The Morgan fingerprint density at radius 3 is 1.71 bits per heavy atom. The van der Waals surface area contributed by atoms with Gasteiger partial charge in [-0.3, -0.25) is 0 Å². The Hall–Kier alpha value is -1.62. The highest BCUT2D eigenvalue weighted by atomic mass is 31.1. The maximum absolute atomic E-state index is 5.79. The molecule has 2 aromatic carbocycles. The maximum Gasteiger partial charge on any atom is 0.126 e. The quantitative estimate of drug-likeness (QED) is 0.561. The second-order valence-corrected chi connectivity index (χ2v) is 11.8. The smallest absolute Gasteiger partial charge is 0.126 e. The van der Waals surface area contributed by atoms with Crippen molar-refractivity contribution in [1.82, 2.24) is 0 Å². The summed E-state index contributed by atoms with van der Waals surface area (Å²) in [5, 5.41) is 4.15. The van der Waals surface area contributed by atoms with Gasteiger partial charge in [0.15, 0.2) is 0 Å². The van der Waals surface area contributed by atoms with Gasteiger partial charge < -0.3 is 9.47 Å². The van der Waals surface area contributed by atoms with E-state index >= 15 is 0 Å². The van der Waals surface area contributed by atoms with Gasteiger partial charge in [0.2, 0.25) is 0 Å². The van der Waals surface area contributed by atoms with Crippen LogP contribution in [-0.2, 0) is 0 Å². The fourth-order valence-corrected chi connectivity index (χ4v) is 9.19. The molecule has 1 aliphatic rings. The Bertz CT molecular complexity index is 884. The van der Waals surface area contributed by atoms with Gasteiger partial charge in [-0.2, -0.15) is 0 Å². The van der Waals surface area contributed by atoms with E-state index in [1.54, 1.807) is 14.2 Å². The minimum atomic E-state index is -0.694. The minimum Gasteiger partial charge on any atom is -0.496 e. The van der Waals surface area contributed by atoms with Gasteiger partial charge in [0.1, 0.15) is 11.5 Å². The minimum absolute atomic E-state index is 0.0988. The topological polar surface area (TPSA) is 18.5 Å². The maximum atomic E-state index is 5.79. The molecule has 148 valence electrons. The van der Waals surface area contributed by atoms with Gasteiger partial charge >= 0.3 is 0 Å². The SMILES string of the molecule is COc1ccccc1P(c1ccccc1OC)C(C)C1(C)P=C(C)C(C)=C1C. The number of benzene rings is 2. The van der Waals surface area contributed by atoms with E-state index in [2.05, 4.69) is 71.0 Å². The molecular formula is C24H30O2P2. The van der Waals surface area contributed by atoms with Gasteiger partial charge in [-0.05, 0) is 58.6 Å². The standard InChI is InChI=1S/C24H30O2P2/c1-16-17(2)24(5,27-18(16)3)19(4)28(22-14-10-8-12-20(22)25-6)23-15-11-9-13-21(23)26-7/h8-15,19H,1-7H3.